The van der Waals surface area contributed by atoms with E-state index in [1.807, 2.05) is 45.0 Å². The van der Waals surface area contributed by atoms with E-state index in [4.69, 9.17) is 19.2 Å². The van der Waals surface area contributed by atoms with E-state index < -0.39 is 0 Å². The zero-order valence-electron chi connectivity index (χ0n) is 22.0. The first-order valence-corrected chi connectivity index (χ1v) is 12.4. The third-order valence-corrected chi connectivity index (χ3v) is 5.57. The van der Waals surface area contributed by atoms with Crippen LogP contribution in [0.5, 0.6) is 0 Å². The van der Waals surface area contributed by atoms with Gasteiger partial charge >= 0.3 is 0 Å². The van der Waals surface area contributed by atoms with Crippen LogP contribution in [-0.4, -0.2) is 34.4 Å². The van der Waals surface area contributed by atoms with Crippen molar-refractivity contribution in [1.29, 1.82) is 0 Å². The summed E-state index contributed by atoms with van der Waals surface area (Å²) in [6.45, 7) is 6.85. The predicted molar refractivity (Wildman–Crippen MR) is 147 cm³/mol. The number of nitrogens with zero attached hydrogens (tertiary/aromatic N) is 3. The van der Waals surface area contributed by atoms with Crippen LogP contribution >= 0.6 is 0 Å². The first kappa shape index (κ1) is 28.6. The van der Waals surface area contributed by atoms with Crippen LogP contribution in [0.2, 0.25) is 0 Å². The Morgan fingerprint density at radius 1 is 0.590 bits per heavy atom. The van der Waals surface area contributed by atoms with Gasteiger partial charge in [-0.05, 0) is 71.3 Å². The average Bonchev–Trinajstić information content (AvgIpc) is 2.96. The van der Waals surface area contributed by atoms with E-state index in [9.17, 15) is 14.4 Å². The third kappa shape index (κ3) is 8.29. The number of carbonyl (C=O) groups is 3. The molecule has 0 unspecified atom stereocenters. The smallest absolute Gasteiger partial charge is 0.298 e. The number of pyridine rings is 3. The van der Waals surface area contributed by atoms with E-state index in [0.717, 1.165) is 16.7 Å². The molecule has 0 saturated heterocycles. The van der Waals surface area contributed by atoms with Crippen molar-refractivity contribution >= 4 is 37.6 Å². The lowest BCUT2D eigenvalue weighted by Gasteiger charge is -2.10. The second-order valence-electron chi connectivity index (χ2n) is 8.15. The van der Waals surface area contributed by atoms with E-state index in [2.05, 4.69) is 9.97 Å². The van der Waals surface area contributed by atoms with E-state index in [-0.39, 0.29) is 0 Å². The topological polar surface area (TPSA) is 118 Å². The summed E-state index contributed by atoms with van der Waals surface area (Å²) in [5.41, 5.74) is 4.59. The van der Waals surface area contributed by atoms with Crippen LogP contribution in [0, 0.1) is 0 Å². The van der Waals surface area contributed by atoms with E-state index in [1.54, 1.807) is 42.8 Å². The van der Waals surface area contributed by atoms with Gasteiger partial charge in [-0.15, -0.1) is 0 Å². The van der Waals surface area contributed by atoms with Crippen LogP contribution < -0.4 is 0 Å². The molecule has 0 aliphatic rings. The molecular weight excluding hydrogens is 498 g/mol. The summed E-state index contributed by atoms with van der Waals surface area (Å²) < 4.78 is 15.2. The summed E-state index contributed by atoms with van der Waals surface area (Å²) in [5.74, 6) is 1.52. The third-order valence-electron chi connectivity index (χ3n) is 5.57. The predicted octanol–water partition coefficient (Wildman–Crippen LogP) is 5.98. The molecule has 3 aromatic rings. The fourth-order valence-electron chi connectivity index (χ4n) is 3.65. The number of hydrogen-bond acceptors (Lipinski definition) is 9. The molecule has 0 spiro atoms. The molecule has 0 amide bonds. The lowest BCUT2D eigenvalue weighted by molar-refractivity contribution is -0.126. The van der Waals surface area contributed by atoms with Crippen molar-refractivity contribution in [2.75, 3.05) is 0 Å². The van der Waals surface area contributed by atoms with Gasteiger partial charge in [0.2, 0.25) is 0 Å². The van der Waals surface area contributed by atoms with Gasteiger partial charge in [-0.25, -0.2) is 4.98 Å². The molecule has 0 fully saturated rings. The molecule has 3 heterocycles. The fraction of sp³-hybridized carbons (Fsp3) is 0.200. The number of aromatic nitrogens is 3. The average molecular weight is 528 g/mol. The largest absolute Gasteiger partial charge is 0.433 e. The Bertz CT molecular complexity index is 1320. The summed E-state index contributed by atoms with van der Waals surface area (Å²) in [7, 11) is 0. The van der Waals surface area contributed by atoms with Crippen LogP contribution in [0.15, 0.2) is 66.1 Å². The molecule has 9 heteroatoms. The lowest BCUT2D eigenvalue weighted by atomic mass is 10.1. The van der Waals surface area contributed by atoms with E-state index >= 15 is 0 Å². The first-order valence-electron chi connectivity index (χ1n) is 12.4. The normalized spacial score (nSPS) is 12.0. The Kier molecular flexibility index (Phi) is 10.8. The summed E-state index contributed by atoms with van der Waals surface area (Å²) in [4.78, 5) is 46.4. The Hall–Kier alpha value is -4.92. The summed E-state index contributed by atoms with van der Waals surface area (Å²) in [6, 6.07) is 10.9. The molecule has 3 rings (SSSR count). The zero-order chi connectivity index (χ0) is 28.0. The molecule has 0 atom stereocenters. The van der Waals surface area contributed by atoms with Gasteiger partial charge in [0, 0.05) is 31.7 Å². The van der Waals surface area contributed by atoms with Gasteiger partial charge < -0.3 is 14.2 Å². The van der Waals surface area contributed by atoms with Gasteiger partial charge in [0.05, 0.1) is 22.8 Å². The van der Waals surface area contributed by atoms with Crippen molar-refractivity contribution in [3.63, 3.8) is 0 Å². The lowest BCUT2D eigenvalue weighted by Crippen LogP contribution is -1.96. The monoisotopic (exact) mass is 527 g/mol. The van der Waals surface area contributed by atoms with Gasteiger partial charge in [0.15, 0.2) is 0 Å². The highest BCUT2D eigenvalue weighted by molar-refractivity contribution is 5.71. The fourth-order valence-corrected chi connectivity index (χ4v) is 3.65. The maximum absolute atomic E-state index is 11.0. The van der Waals surface area contributed by atoms with Gasteiger partial charge in [0.1, 0.15) is 17.3 Å². The van der Waals surface area contributed by atoms with E-state index in [0.29, 0.717) is 78.7 Å². The molecule has 0 bridgehead atoms. The van der Waals surface area contributed by atoms with Crippen LogP contribution in [0.25, 0.3) is 41.0 Å². The van der Waals surface area contributed by atoms with Crippen LogP contribution in [-0.2, 0) is 28.6 Å². The van der Waals surface area contributed by atoms with Crippen LogP contribution in [0.3, 0.4) is 0 Å². The zero-order valence-corrected chi connectivity index (χ0v) is 22.0. The minimum atomic E-state index is 0.395. The van der Waals surface area contributed by atoms with Gasteiger partial charge in [0.25, 0.3) is 19.4 Å². The first-order chi connectivity index (χ1) is 19.0. The SMILES string of the molecule is CC/C(=C\c1ccnc(-c2cc(/C=C(\CC)OC=O)cc(-c3cc(/C=C(\CC)OC=O)ccn3)n2)c1)OC=O. The van der Waals surface area contributed by atoms with Crippen molar-refractivity contribution in [3.8, 4) is 22.8 Å². The molecule has 0 saturated carbocycles. The number of allylic oxidation sites excluding steroid dienone is 3. The van der Waals surface area contributed by atoms with E-state index in [1.165, 1.54) is 0 Å². The maximum atomic E-state index is 11.0. The molecule has 200 valence electrons. The number of carbonyl (C=O) groups excluding carboxylic acids is 3. The highest BCUT2D eigenvalue weighted by Crippen LogP contribution is 2.26. The van der Waals surface area contributed by atoms with Crippen molar-refractivity contribution < 1.29 is 28.6 Å². The number of rotatable bonds is 14. The standard InChI is InChI=1S/C30H29N3O6/c1-4-24(37-18-34)11-21-7-9-31-27(14-21)29-16-23(13-26(6-3)39-20-36)17-30(33-29)28-15-22(8-10-32-28)12-25(5-2)38-19-35/h7-20H,4-6H2,1-3H3/b24-11+,25-12+,26-13+. The van der Waals surface area contributed by atoms with Gasteiger partial charge in [-0.3, -0.25) is 24.4 Å². The quantitative estimate of drug-likeness (QED) is 0.142. The van der Waals surface area contributed by atoms with Crippen molar-refractivity contribution in [3.05, 3.63) is 82.8 Å². The second kappa shape index (κ2) is 14.7. The molecule has 9 nitrogen and oxygen atoms in total. The highest BCUT2D eigenvalue weighted by Gasteiger charge is 2.11. The molecular formula is C30H29N3O6. The van der Waals surface area contributed by atoms with Crippen molar-refractivity contribution in [2.45, 2.75) is 40.0 Å². The highest BCUT2D eigenvalue weighted by atomic mass is 16.5. The Morgan fingerprint density at radius 2 is 0.949 bits per heavy atom. The molecule has 0 N–H and O–H groups in total. The second-order valence-corrected chi connectivity index (χ2v) is 8.15. The molecule has 0 radical (unpaired) electrons. The van der Waals surface area contributed by atoms with Gasteiger partial charge in [-0.2, -0.15) is 0 Å². The molecule has 3 aromatic heterocycles. The Balaban J connectivity index is 2.16. The van der Waals surface area contributed by atoms with Crippen molar-refractivity contribution in [2.24, 2.45) is 0 Å². The number of hydrogen-bond donors (Lipinski definition) is 0. The maximum Gasteiger partial charge on any atom is 0.298 e. The summed E-state index contributed by atoms with van der Waals surface area (Å²) >= 11 is 0. The van der Waals surface area contributed by atoms with Crippen LogP contribution in [0.4, 0.5) is 0 Å². The Labute approximate surface area is 226 Å². The van der Waals surface area contributed by atoms with Crippen LogP contribution in [0.1, 0.15) is 56.7 Å². The van der Waals surface area contributed by atoms with Gasteiger partial charge in [-0.1, -0.05) is 20.8 Å². The van der Waals surface area contributed by atoms with Crippen molar-refractivity contribution in [1.82, 2.24) is 15.0 Å². The summed E-state index contributed by atoms with van der Waals surface area (Å²) in [5, 5.41) is 0. The Morgan fingerprint density at radius 3 is 1.31 bits per heavy atom. The molecule has 39 heavy (non-hydrogen) atoms. The minimum Gasteiger partial charge on any atom is -0.433 e. The molecule has 0 aliphatic carbocycles. The number of ether oxygens (including phenoxy) is 3. The molecule has 0 aliphatic heterocycles. The minimum absolute atomic E-state index is 0.395. The molecule has 0 aromatic carbocycles. The summed E-state index contributed by atoms with van der Waals surface area (Å²) in [6.07, 6.45) is 10.2.